The monoisotopic (exact) mass is 292 g/mol. The molecule has 0 saturated carbocycles. The normalized spacial score (nSPS) is 17.0. The summed E-state index contributed by atoms with van der Waals surface area (Å²) in [6, 6.07) is 0. The maximum Gasteiger partial charge on any atom is 0.239 e. The van der Waals surface area contributed by atoms with Gasteiger partial charge >= 0.3 is 0 Å². The Bertz CT molecular complexity index is 739. The number of nitrogens with two attached hydrogens (primary N) is 1. The minimum absolute atomic E-state index is 0.204. The highest BCUT2D eigenvalue weighted by atomic mass is 32.1. The van der Waals surface area contributed by atoms with Crippen molar-refractivity contribution in [1.29, 1.82) is 0 Å². The van der Waals surface area contributed by atoms with Crippen molar-refractivity contribution < 1.29 is 4.74 Å². The van der Waals surface area contributed by atoms with Crippen molar-refractivity contribution in [3.8, 4) is 10.8 Å². The van der Waals surface area contributed by atoms with Crippen LogP contribution in [0.4, 0.5) is 5.95 Å². The van der Waals surface area contributed by atoms with Gasteiger partial charge in [-0.05, 0) is 12.8 Å². The predicted molar refractivity (Wildman–Crippen MR) is 71.2 cm³/mol. The van der Waals surface area contributed by atoms with Crippen LogP contribution in [0.1, 0.15) is 24.6 Å². The molecule has 1 aliphatic heterocycles. The lowest BCUT2D eigenvalue weighted by atomic mass is 10.00. The number of rotatable bonds is 2. The summed E-state index contributed by atoms with van der Waals surface area (Å²) in [5, 5.41) is 20.2. The first-order chi connectivity index (χ1) is 9.81. The molecule has 1 aliphatic rings. The van der Waals surface area contributed by atoms with E-state index >= 15 is 0 Å². The molecule has 1 saturated heterocycles. The van der Waals surface area contributed by atoms with Crippen molar-refractivity contribution in [2.24, 2.45) is 0 Å². The van der Waals surface area contributed by atoms with Crippen LogP contribution >= 0.6 is 11.3 Å². The van der Waals surface area contributed by atoms with Gasteiger partial charge in [0.1, 0.15) is 0 Å². The van der Waals surface area contributed by atoms with Crippen molar-refractivity contribution in [2.75, 3.05) is 18.9 Å². The molecule has 20 heavy (non-hydrogen) atoms. The van der Waals surface area contributed by atoms with Gasteiger partial charge in [-0.25, -0.2) is 0 Å². The lowest BCUT2D eigenvalue weighted by Gasteiger charge is -2.19. The van der Waals surface area contributed by atoms with E-state index in [-0.39, 0.29) is 5.95 Å². The van der Waals surface area contributed by atoms with Crippen LogP contribution in [0.3, 0.4) is 0 Å². The Hall–Kier alpha value is -2.07. The topological polar surface area (TPSA) is 120 Å². The van der Waals surface area contributed by atoms with Gasteiger partial charge in [0.25, 0.3) is 0 Å². The highest BCUT2D eigenvalue weighted by molar-refractivity contribution is 7.19. The van der Waals surface area contributed by atoms with Crippen LogP contribution in [0.25, 0.3) is 15.8 Å². The molecule has 104 valence electrons. The number of aromatic nitrogens is 7. The molecule has 4 heterocycles. The molecule has 0 bridgehead atoms. The number of hydrogen-bond donors (Lipinski definition) is 2. The third-order valence-corrected chi connectivity index (χ3v) is 4.21. The summed E-state index contributed by atoms with van der Waals surface area (Å²) in [4.78, 5) is 4.82. The first kappa shape index (κ1) is 11.7. The number of nitrogen functional groups attached to an aromatic ring is 1. The highest BCUT2D eigenvalue weighted by Gasteiger charge is 2.24. The molecular weight excluding hydrogens is 280 g/mol. The van der Waals surface area contributed by atoms with Gasteiger partial charge in [-0.15, -0.1) is 20.4 Å². The summed E-state index contributed by atoms with van der Waals surface area (Å²) in [5.41, 5.74) is 5.51. The van der Waals surface area contributed by atoms with Crippen LogP contribution in [-0.4, -0.2) is 48.2 Å². The summed E-state index contributed by atoms with van der Waals surface area (Å²) in [6.07, 6.45) is 1.89. The molecule has 3 aromatic rings. The zero-order chi connectivity index (χ0) is 13.5. The van der Waals surface area contributed by atoms with Crippen LogP contribution in [-0.2, 0) is 4.74 Å². The van der Waals surface area contributed by atoms with Crippen LogP contribution in [0.2, 0.25) is 0 Å². The molecule has 3 aromatic heterocycles. The first-order valence-electron chi connectivity index (χ1n) is 6.29. The number of H-pyrrole nitrogens is 1. The third-order valence-electron chi connectivity index (χ3n) is 3.31. The van der Waals surface area contributed by atoms with E-state index in [9.17, 15) is 0 Å². The fourth-order valence-electron chi connectivity index (χ4n) is 2.31. The zero-order valence-corrected chi connectivity index (χ0v) is 11.3. The Morgan fingerprint density at radius 2 is 2.15 bits per heavy atom. The maximum atomic E-state index is 5.51. The Morgan fingerprint density at radius 3 is 2.90 bits per heavy atom. The van der Waals surface area contributed by atoms with Crippen molar-refractivity contribution in [1.82, 2.24) is 35.0 Å². The van der Waals surface area contributed by atoms with E-state index < -0.39 is 0 Å². The number of fused-ring (bicyclic) bond motifs is 1. The van der Waals surface area contributed by atoms with Crippen molar-refractivity contribution in [2.45, 2.75) is 18.8 Å². The first-order valence-corrected chi connectivity index (χ1v) is 7.11. The van der Waals surface area contributed by atoms with Crippen LogP contribution in [0, 0.1) is 0 Å². The fraction of sp³-hybridized carbons (Fsp3) is 0.500. The van der Waals surface area contributed by atoms with Crippen molar-refractivity contribution in [3.05, 3.63) is 5.82 Å². The number of nitrogens with one attached hydrogen (secondary N) is 1. The second-order valence-corrected chi connectivity index (χ2v) is 5.54. The molecule has 0 aliphatic carbocycles. The second kappa shape index (κ2) is 4.49. The van der Waals surface area contributed by atoms with E-state index in [1.165, 1.54) is 11.3 Å². The molecule has 0 radical (unpaired) electrons. The van der Waals surface area contributed by atoms with Gasteiger partial charge in [-0.1, -0.05) is 11.3 Å². The van der Waals surface area contributed by atoms with Crippen molar-refractivity contribution >= 4 is 22.2 Å². The minimum atomic E-state index is 0.204. The molecule has 0 aromatic carbocycles. The Morgan fingerprint density at radius 1 is 1.30 bits per heavy atom. The molecule has 3 N–H and O–H groups in total. The van der Waals surface area contributed by atoms with E-state index in [2.05, 4.69) is 30.5 Å². The van der Waals surface area contributed by atoms with Crippen LogP contribution < -0.4 is 5.73 Å². The molecule has 10 heteroatoms. The summed E-state index contributed by atoms with van der Waals surface area (Å²) in [6.45, 7) is 1.52. The van der Waals surface area contributed by atoms with Gasteiger partial charge in [-0.3, -0.25) is 5.10 Å². The smallest absolute Gasteiger partial charge is 0.239 e. The van der Waals surface area contributed by atoms with E-state index in [4.69, 9.17) is 10.5 Å². The average Bonchev–Trinajstić information content (AvgIpc) is 3.13. The van der Waals surface area contributed by atoms with E-state index in [0.29, 0.717) is 16.7 Å². The van der Waals surface area contributed by atoms with E-state index in [0.717, 1.165) is 36.8 Å². The number of nitrogens with zero attached hydrogens (tertiary/aromatic N) is 6. The van der Waals surface area contributed by atoms with Gasteiger partial charge in [0.05, 0.1) is 0 Å². The lowest BCUT2D eigenvalue weighted by Crippen LogP contribution is -2.16. The average molecular weight is 292 g/mol. The fourth-order valence-corrected chi connectivity index (χ4v) is 3.09. The van der Waals surface area contributed by atoms with E-state index in [1.54, 1.807) is 4.52 Å². The summed E-state index contributed by atoms with van der Waals surface area (Å²) in [7, 11) is 0. The molecule has 0 unspecified atom stereocenters. The summed E-state index contributed by atoms with van der Waals surface area (Å²) < 4.78 is 7.16. The maximum absolute atomic E-state index is 5.51. The second-order valence-electron chi connectivity index (χ2n) is 4.59. The van der Waals surface area contributed by atoms with Gasteiger partial charge in [0.15, 0.2) is 16.7 Å². The van der Waals surface area contributed by atoms with E-state index in [1.807, 2.05) is 0 Å². The molecule has 0 amide bonds. The van der Waals surface area contributed by atoms with Crippen LogP contribution in [0.15, 0.2) is 0 Å². The summed E-state index contributed by atoms with van der Waals surface area (Å²) >= 11 is 1.41. The number of ether oxygens (including phenoxy) is 1. The zero-order valence-electron chi connectivity index (χ0n) is 10.5. The number of anilines is 1. The molecular formula is C10H12N8OS. The highest BCUT2D eigenvalue weighted by Crippen LogP contribution is 2.29. The Kier molecular flexibility index (Phi) is 2.63. The van der Waals surface area contributed by atoms with Crippen molar-refractivity contribution in [3.63, 3.8) is 0 Å². The lowest BCUT2D eigenvalue weighted by molar-refractivity contribution is 0.0832. The molecule has 9 nitrogen and oxygen atoms in total. The largest absolute Gasteiger partial charge is 0.381 e. The van der Waals surface area contributed by atoms with Crippen LogP contribution in [0.5, 0.6) is 0 Å². The van der Waals surface area contributed by atoms with Gasteiger partial charge < -0.3 is 10.5 Å². The molecule has 4 rings (SSSR count). The predicted octanol–water partition coefficient (Wildman–Crippen LogP) is 0.447. The standard InChI is InChI=1S/C10H12N8OS/c11-9-12-6(13-15-9)8-17-18-7(14-16-10(18)20-8)5-1-3-19-4-2-5/h5H,1-4H2,(H3,11,12,13,15). The SMILES string of the molecule is Nc1n[nH]c(-c2nn3c(C4CCOCC4)nnc3s2)n1. The molecule has 0 atom stereocenters. The quantitative estimate of drug-likeness (QED) is 0.703. The van der Waals surface area contributed by atoms with Gasteiger partial charge in [0.2, 0.25) is 10.9 Å². The number of hydrogen-bond acceptors (Lipinski definition) is 8. The third kappa shape index (κ3) is 1.84. The summed E-state index contributed by atoms with van der Waals surface area (Å²) in [5.74, 6) is 1.98. The van der Waals surface area contributed by atoms with Gasteiger partial charge in [-0.2, -0.15) is 9.50 Å². The minimum Gasteiger partial charge on any atom is -0.381 e. The Labute approximate surface area is 117 Å². The molecule has 1 fully saturated rings. The van der Waals surface area contributed by atoms with Gasteiger partial charge in [0, 0.05) is 19.1 Å². The number of aromatic amines is 1. The Balaban J connectivity index is 1.74. The molecule has 0 spiro atoms.